The van der Waals surface area contributed by atoms with Gasteiger partial charge in [-0.3, -0.25) is 28.8 Å². The third-order valence-corrected chi connectivity index (χ3v) is 11.2. The van der Waals surface area contributed by atoms with Crippen molar-refractivity contribution in [1.29, 1.82) is 0 Å². The van der Waals surface area contributed by atoms with Crippen molar-refractivity contribution in [3.05, 3.63) is 35.4 Å². The summed E-state index contributed by atoms with van der Waals surface area (Å²) in [5, 5.41) is 13.9. The van der Waals surface area contributed by atoms with E-state index in [2.05, 4.69) is 47.4 Å². The molecule has 0 radical (unpaired) electrons. The van der Waals surface area contributed by atoms with Gasteiger partial charge in [0.05, 0.1) is 6.04 Å². The third-order valence-electron chi connectivity index (χ3n) is 9.89. The minimum atomic E-state index is -1.20. The van der Waals surface area contributed by atoms with Crippen molar-refractivity contribution >= 4 is 53.4 Å². The van der Waals surface area contributed by atoms with Crippen molar-refractivity contribution in [3.63, 3.8) is 0 Å². The van der Waals surface area contributed by atoms with E-state index in [-0.39, 0.29) is 50.0 Å². The van der Waals surface area contributed by atoms with E-state index in [9.17, 15) is 33.6 Å². The van der Waals surface area contributed by atoms with E-state index in [1.165, 1.54) is 11.8 Å². The fourth-order valence-corrected chi connectivity index (χ4v) is 6.73. The minimum absolute atomic E-state index is 0.0154. The second-order valence-corrected chi connectivity index (χ2v) is 21.6. The summed E-state index contributed by atoms with van der Waals surface area (Å²) in [4.78, 5) is 92.8. The Morgan fingerprint density at radius 1 is 0.714 bits per heavy atom. The van der Waals surface area contributed by atoms with Crippen LogP contribution in [0, 0.1) is 5.92 Å². The van der Waals surface area contributed by atoms with Crippen molar-refractivity contribution in [2.45, 2.75) is 193 Å². The van der Waals surface area contributed by atoms with Gasteiger partial charge in [0.25, 0.3) is 0 Å². The number of esters is 1. The number of unbranched alkanes of at least 4 members (excludes halogenated alkanes) is 1. The Balaban J connectivity index is 3.46. The number of nitrogens with one attached hydrogen (secondary N) is 5. The Morgan fingerprint density at radius 2 is 1.30 bits per heavy atom. The molecule has 0 saturated carbocycles. The molecule has 0 spiro atoms. The maximum atomic E-state index is 14.4. The molecule has 9 N–H and O–H groups in total. The number of ether oxygens (including phenoxy) is 2. The third kappa shape index (κ3) is 23.2. The number of hydrogen-bond acceptors (Lipinski definition) is 11. The predicted octanol–water partition coefficient (Wildman–Crippen LogP) is 4.67. The van der Waals surface area contributed by atoms with E-state index >= 15 is 0 Å². The number of amides is 6. The first-order chi connectivity index (χ1) is 28.8. The Bertz CT molecular complexity index is 1680. The summed E-state index contributed by atoms with van der Waals surface area (Å²) in [7, 11) is 0. The number of alkyl carbamates (subject to hydrolysis) is 1. The Kier molecular flexibility index (Phi) is 22.7. The number of carbonyl (C=O) groups is 7. The van der Waals surface area contributed by atoms with Crippen LogP contribution in [0.15, 0.2) is 24.3 Å². The number of hydrogen-bond donors (Lipinski definition) is 7. The number of benzene rings is 1. The summed E-state index contributed by atoms with van der Waals surface area (Å²) in [6.07, 6.45) is 2.27. The lowest BCUT2D eigenvalue weighted by Gasteiger charge is -2.34. The van der Waals surface area contributed by atoms with E-state index in [4.69, 9.17) is 20.9 Å². The van der Waals surface area contributed by atoms with Crippen molar-refractivity contribution < 1.29 is 43.0 Å². The summed E-state index contributed by atoms with van der Waals surface area (Å²) < 4.78 is 9.91. The number of primary amides is 1. The largest absolute Gasteiger partial charge is 0.460 e. The average Bonchev–Trinajstić information content (AvgIpc) is 3.12. The van der Waals surface area contributed by atoms with Crippen LogP contribution in [0.1, 0.15) is 146 Å². The van der Waals surface area contributed by atoms with Crippen LogP contribution in [0.2, 0.25) is 0 Å². The van der Waals surface area contributed by atoms with Gasteiger partial charge >= 0.3 is 12.1 Å². The summed E-state index contributed by atoms with van der Waals surface area (Å²) >= 11 is 1.36. The highest BCUT2D eigenvalue weighted by Crippen LogP contribution is 2.27. The molecule has 0 unspecified atom stereocenters. The summed E-state index contributed by atoms with van der Waals surface area (Å²) in [5.41, 5.74) is 12.1. The zero-order valence-corrected chi connectivity index (χ0v) is 41.2. The molecule has 0 bridgehead atoms. The topological polar surface area (TPSA) is 250 Å². The van der Waals surface area contributed by atoms with Gasteiger partial charge in [0.2, 0.25) is 29.5 Å². The minimum Gasteiger partial charge on any atom is -0.460 e. The fourth-order valence-electron chi connectivity index (χ4n) is 6.33. The highest BCUT2D eigenvalue weighted by Gasteiger charge is 2.39. The zero-order chi connectivity index (χ0) is 48.5. The first-order valence-electron chi connectivity index (χ1n) is 21.9. The van der Waals surface area contributed by atoms with E-state index in [0.717, 1.165) is 11.1 Å². The lowest BCUT2D eigenvalue weighted by Crippen LogP contribution is -2.62. The van der Waals surface area contributed by atoms with Crippen LogP contribution in [0.4, 0.5) is 4.79 Å². The van der Waals surface area contributed by atoms with Crippen LogP contribution in [0.5, 0.6) is 0 Å². The first kappa shape index (κ1) is 56.6. The van der Waals surface area contributed by atoms with Crippen LogP contribution in [0.3, 0.4) is 0 Å². The highest BCUT2D eigenvalue weighted by atomic mass is 32.2. The molecule has 6 amide bonds. The summed E-state index contributed by atoms with van der Waals surface area (Å²) in [5.74, 6) is -3.54. The summed E-state index contributed by atoms with van der Waals surface area (Å²) in [6, 6.07) is 2.54. The Hall–Kier alpha value is -4.38. The Morgan fingerprint density at radius 3 is 1.81 bits per heavy atom. The maximum Gasteiger partial charge on any atom is 0.407 e. The van der Waals surface area contributed by atoms with E-state index in [1.807, 2.05) is 58.2 Å². The standard InChI is InChI=1S/C46H79N7O9S/c1-28(2)25-32(47)39(57)53-37(46(12,13)63-14)41(59)52-34(26-29-18-20-30(21-19-29)43(3,4)5)40(58)50-31(22-23-36(55)61-44(6,7)8)27-35(54)51-33(38(48)56)17-15-16-24-49-42(60)62-45(9,10)11/h18-21,28,31-34,37H,15-17,22-27,47H2,1-14H3,(H2,48,56)(H,49,60)(H,50,58)(H,51,54)(H,52,59)(H,53,57)/t31-,32+,33+,34-,37+/m0/s1. The average molecular weight is 906 g/mol. The smallest absolute Gasteiger partial charge is 0.407 e. The van der Waals surface area contributed by atoms with Gasteiger partial charge in [-0.2, -0.15) is 11.8 Å². The second-order valence-electron chi connectivity index (χ2n) is 20.2. The molecule has 5 atom stereocenters. The maximum absolute atomic E-state index is 14.4. The van der Waals surface area contributed by atoms with Gasteiger partial charge in [0.1, 0.15) is 29.3 Å². The molecule has 1 aromatic rings. The molecule has 63 heavy (non-hydrogen) atoms. The number of nitrogens with two attached hydrogens (primary N) is 2. The van der Waals surface area contributed by atoms with Crippen LogP contribution in [-0.2, 0) is 50.1 Å². The van der Waals surface area contributed by atoms with Crippen molar-refractivity contribution in [3.8, 4) is 0 Å². The quantitative estimate of drug-likeness (QED) is 0.0555. The van der Waals surface area contributed by atoms with Gasteiger partial charge in [0, 0.05) is 36.6 Å². The lowest BCUT2D eigenvalue weighted by atomic mass is 9.86. The SMILES string of the molecule is CSC(C)(C)[C@H](NC(=O)[C@H](N)CC(C)C)C(=O)N[C@@H](Cc1ccc(C(C)(C)C)cc1)C(=O)N[C@@H](CCC(=O)OC(C)(C)C)CC(=O)N[C@H](CCCCNC(=O)OC(C)(C)C)C(N)=O. The molecular formula is C46H79N7O9S. The molecule has 0 fully saturated rings. The van der Waals surface area contributed by atoms with Gasteiger partial charge in [-0.25, -0.2) is 4.79 Å². The molecule has 0 aliphatic rings. The Labute approximate surface area is 380 Å². The van der Waals surface area contributed by atoms with Crippen molar-refractivity contribution in [2.24, 2.45) is 17.4 Å². The molecule has 16 nitrogen and oxygen atoms in total. The summed E-state index contributed by atoms with van der Waals surface area (Å²) in [6.45, 7) is 24.5. The molecule has 0 aliphatic carbocycles. The fraction of sp³-hybridized carbons (Fsp3) is 0.717. The van der Waals surface area contributed by atoms with Crippen LogP contribution >= 0.6 is 11.8 Å². The number of rotatable bonds is 24. The van der Waals surface area contributed by atoms with Gasteiger partial charge < -0.3 is 47.5 Å². The predicted molar refractivity (Wildman–Crippen MR) is 249 cm³/mol. The monoisotopic (exact) mass is 906 g/mol. The number of carbonyl (C=O) groups excluding carboxylic acids is 7. The molecule has 358 valence electrons. The molecule has 1 rings (SSSR count). The molecular weight excluding hydrogens is 827 g/mol. The van der Waals surface area contributed by atoms with E-state index in [1.54, 1.807) is 41.5 Å². The van der Waals surface area contributed by atoms with Gasteiger partial charge in [0.15, 0.2) is 0 Å². The van der Waals surface area contributed by atoms with Crippen molar-refractivity contribution in [2.75, 3.05) is 12.8 Å². The lowest BCUT2D eigenvalue weighted by molar-refractivity contribution is -0.155. The van der Waals surface area contributed by atoms with E-state index in [0.29, 0.717) is 19.3 Å². The van der Waals surface area contributed by atoms with Gasteiger partial charge in [-0.05, 0) is 116 Å². The molecule has 0 heterocycles. The highest BCUT2D eigenvalue weighted by molar-refractivity contribution is 8.00. The first-order valence-corrected chi connectivity index (χ1v) is 23.1. The van der Waals surface area contributed by atoms with Crippen LogP contribution in [0.25, 0.3) is 0 Å². The normalized spacial score (nSPS) is 14.6. The number of thioether (sulfide) groups is 1. The second kappa shape index (κ2) is 25.2. The van der Waals surface area contributed by atoms with Gasteiger partial charge in [-0.1, -0.05) is 58.9 Å². The van der Waals surface area contributed by atoms with Crippen LogP contribution in [-0.4, -0.2) is 101 Å². The zero-order valence-electron chi connectivity index (χ0n) is 40.4. The van der Waals surface area contributed by atoms with Crippen LogP contribution < -0.4 is 38.1 Å². The van der Waals surface area contributed by atoms with E-state index < -0.39 is 87.8 Å². The molecule has 17 heteroatoms. The van der Waals surface area contributed by atoms with Gasteiger partial charge in [-0.15, -0.1) is 0 Å². The molecule has 1 aromatic carbocycles. The molecule has 0 aromatic heterocycles. The molecule has 0 aliphatic heterocycles. The van der Waals surface area contributed by atoms with Crippen molar-refractivity contribution in [1.82, 2.24) is 26.6 Å². The molecule has 0 saturated heterocycles.